The number of benzene rings is 1. The van der Waals surface area contributed by atoms with Gasteiger partial charge in [0.05, 0.1) is 0 Å². The second kappa shape index (κ2) is 4.71. The SMILES string of the molecule is CCCn1c(CC(C)N)cc2ccccc21. The Kier molecular flexibility index (Phi) is 3.30. The van der Waals surface area contributed by atoms with Crippen LogP contribution in [0.3, 0.4) is 0 Å². The minimum absolute atomic E-state index is 0.222. The van der Waals surface area contributed by atoms with Crippen molar-refractivity contribution in [1.82, 2.24) is 4.57 Å². The molecule has 86 valence electrons. The number of aryl methyl sites for hydroxylation is 1. The highest BCUT2D eigenvalue weighted by molar-refractivity contribution is 5.81. The van der Waals surface area contributed by atoms with E-state index in [0.29, 0.717) is 0 Å². The smallest absolute Gasteiger partial charge is 0.0482 e. The summed E-state index contributed by atoms with van der Waals surface area (Å²) in [5, 5.41) is 1.33. The Morgan fingerprint density at radius 1 is 1.31 bits per heavy atom. The van der Waals surface area contributed by atoms with Crippen LogP contribution in [0, 0.1) is 0 Å². The molecule has 0 aliphatic rings. The number of hydrogen-bond acceptors (Lipinski definition) is 1. The summed E-state index contributed by atoms with van der Waals surface area (Å²) in [6, 6.07) is 11.1. The first kappa shape index (κ1) is 11.2. The van der Waals surface area contributed by atoms with Gasteiger partial charge in [-0.3, -0.25) is 0 Å². The van der Waals surface area contributed by atoms with E-state index in [9.17, 15) is 0 Å². The van der Waals surface area contributed by atoms with Crippen molar-refractivity contribution in [3.63, 3.8) is 0 Å². The van der Waals surface area contributed by atoms with E-state index in [-0.39, 0.29) is 6.04 Å². The molecule has 0 bridgehead atoms. The first-order chi connectivity index (χ1) is 7.72. The zero-order valence-corrected chi connectivity index (χ0v) is 10.1. The van der Waals surface area contributed by atoms with Gasteiger partial charge >= 0.3 is 0 Å². The molecule has 2 rings (SSSR count). The minimum atomic E-state index is 0.222. The third-order valence-electron chi connectivity index (χ3n) is 2.87. The summed E-state index contributed by atoms with van der Waals surface area (Å²) in [5.41, 5.74) is 8.59. The Morgan fingerprint density at radius 2 is 2.06 bits per heavy atom. The van der Waals surface area contributed by atoms with Crippen molar-refractivity contribution in [1.29, 1.82) is 0 Å². The molecule has 1 atom stereocenters. The average molecular weight is 216 g/mol. The number of rotatable bonds is 4. The lowest BCUT2D eigenvalue weighted by molar-refractivity contribution is 0.631. The Bertz CT molecular complexity index is 469. The van der Waals surface area contributed by atoms with Crippen molar-refractivity contribution < 1.29 is 0 Å². The summed E-state index contributed by atoms with van der Waals surface area (Å²) >= 11 is 0. The predicted molar refractivity (Wildman–Crippen MR) is 69.6 cm³/mol. The van der Waals surface area contributed by atoms with Gasteiger partial charge < -0.3 is 10.3 Å². The highest BCUT2D eigenvalue weighted by atomic mass is 15.0. The molecular formula is C14H20N2. The lowest BCUT2D eigenvalue weighted by Crippen LogP contribution is -2.19. The molecule has 0 spiro atoms. The van der Waals surface area contributed by atoms with Gasteiger partial charge in [-0.05, 0) is 30.9 Å². The van der Waals surface area contributed by atoms with E-state index < -0.39 is 0 Å². The van der Waals surface area contributed by atoms with E-state index in [1.807, 2.05) is 0 Å². The Hall–Kier alpha value is -1.28. The molecule has 0 radical (unpaired) electrons. The topological polar surface area (TPSA) is 30.9 Å². The van der Waals surface area contributed by atoms with Gasteiger partial charge in [-0.2, -0.15) is 0 Å². The molecule has 1 aromatic carbocycles. The average Bonchev–Trinajstić information content (AvgIpc) is 2.57. The fraction of sp³-hybridized carbons (Fsp3) is 0.429. The van der Waals surface area contributed by atoms with E-state index in [2.05, 4.69) is 48.7 Å². The monoisotopic (exact) mass is 216 g/mol. The van der Waals surface area contributed by atoms with Gasteiger partial charge in [0.25, 0.3) is 0 Å². The molecule has 1 heterocycles. The van der Waals surface area contributed by atoms with Crippen LogP contribution < -0.4 is 5.73 Å². The van der Waals surface area contributed by atoms with Crippen molar-refractivity contribution in [2.24, 2.45) is 5.73 Å². The standard InChI is InChI=1S/C14H20N2/c1-3-8-16-13(9-11(2)15)10-12-6-4-5-7-14(12)16/h4-7,10-11H,3,8-9,15H2,1-2H3. The fourth-order valence-corrected chi connectivity index (χ4v) is 2.25. The largest absolute Gasteiger partial charge is 0.345 e. The van der Waals surface area contributed by atoms with Crippen LogP contribution in [0.4, 0.5) is 0 Å². The van der Waals surface area contributed by atoms with Crippen molar-refractivity contribution >= 4 is 10.9 Å². The van der Waals surface area contributed by atoms with Crippen LogP contribution in [0.1, 0.15) is 26.0 Å². The predicted octanol–water partition coefficient (Wildman–Crippen LogP) is 2.94. The summed E-state index contributed by atoms with van der Waals surface area (Å²) in [6.07, 6.45) is 2.11. The molecular weight excluding hydrogens is 196 g/mol. The molecule has 1 unspecified atom stereocenters. The number of nitrogens with two attached hydrogens (primary N) is 1. The molecule has 2 N–H and O–H groups in total. The maximum Gasteiger partial charge on any atom is 0.0482 e. The molecule has 0 saturated carbocycles. The Balaban J connectivity index is 2.49. The third kappa shape index (κ3) is 2.12. The molecule has 0 aliphatic carbocycles. The minimum Gasteiger partial charge on any atom is -0.345 e. The highest BCUT2D eigenvalue weighted by Gasteiger charge is 2.08. The van der Waals surface area contributed by atoms with E-state index in [4.69, 9.17) is 5.73 Å². The summed E-state index contributed by atoms with van der Waals surface area (Å²) < 4.78 is 2.40. The van der Waals surface area contributed by atoms with Gasteiger partial charge in [0, 0.05) is 30.2 Å². The van der Waals surface area contributed by atoms with Crippen LogP contribution in [0.15, 0.2) is 30.3 Å². The summed E-state index contributed by atoms with van der Waals surface area (Å²) in [5.74, 6) is 0. The normalized spacial score (nSPS) is 13.2. The lowest BCUT2D eigenvalue weighted by atomic mass is 10.2. The first-order valence-corrected chi connectivity index (χ1v) is 6.05. The number of aromatic nitrogens is 1. The van der Waals surface area contributed by atoms with Gasteiger partial charge in [-0.15, -0.1) is 0 Å². The molecule has 0 aliphatic heterocycles. The second-order valence-electron chi connectivity index (χ2n) is 4.53. The molecule has 2 aromatic rings. The zero-order chi connectivity index (χ0) is 11.5. The Morgan fingerprint density at radius 3 is 2.75 bits per heavy atom. The number of hydrogen-bond donors (Lipinski definition) is 1. The first-order valence-electron chi connectivity index (χ1n) is 6.05. The summed E-state index contributed by atoms with van der Waals surface area (Å²) in [7, 11) is 0. The maximum atomic E-state index is 5.90. The number of nitrogens with zero attached hydrogens (tertiary/aromatic N) is 1. The van der Waals surface area contributed by atoms with Crippen molar-refractivity contribution in [2.75, 3.05) is 0 Å². The van der Waals surface area contributed by atoms with Gasteiger partial charge in [-0.25, -0.2) is 0 Å². The molecule has 1 aromatic heterocycles. The van der Waals surface area contributed by atoms with E-state index in [1.54, 1.807) is 0 Å². The van der Waals surface area contributed by atoms with Crippen LogP contribution in [-0.4, -0.2) is 10.6 Å². The molecule has 0 saturated heterocycles. The maximum absolute atomic E-state index is 5.90. The van der Waals surface area contributed by atoms with Gasteiger partial charge in [0.2, 0.25) is 0 Å². The van der Waals surface area contributed by atoms with Crippen molar-refractivity contribution in [2.45, 2.75) is 39.3 Å². The molecule has 0 fully saturated rings. The third-order valence-corrected chi connectivity index (χ3v) is 2.87. The van der Waals surface area contributed by atoms with E-state index in [0.717, 1.165) is 19.4 Å². The molecule has 2 nitrogen and oxygen atoms in total. The highest BCUT2D eigenvalue weighted by Crippen LogP contribution is 2.21. The lowest BCUT2D eigenvalue weighted by Gasteiger charge is -2.11. The van der Waals surface area contributed by atoms with E-state index in [1.165, 1.54) is 16.6 Å². The summed E-state index contributed by atoms with van der Waals surface area (Å²) in [4.78, 5) is 0. The van der Waals surface area contributed by atoms with Crippen LogP contribution in [0.5, 0.6) is 0 Å². The van der Waals surface area contributed by atoms with E-state index >= 15 is 0 Å². The van der Waals surface area contributed by atoms with Crippen LogP contribution in [-0.2, 0) is 13.0 Å². The Labute approximate surface area is 97.1 Å². The number of fused-ring (bicyclic) bond motifs is 1. The van der Waals surface area contributed by atoms with Crippen LogP contribution in [0.25, 0.3) is 10.9 Å². The van der Waals surface area contributed by atoms with Gasteiger partial charge in [-0.1, -0.05) is 25.1 Å². The second-order valence-corrected chi connectivity index (χ2v) is 4.53. The van der Waals surface area contributed by atoms with Crippen LogP contribution >= 0.6 is 0 Å². The van der Waals surface area contributed by atoms with Crippen molar-refractivity contribution in [3.05, 3.63) is 36.0 Å². The van der Waals surface area contributed by atoms with Gasteiger partial charge in [0.1, 0.15) is 0 Å². The number of para-hydroxylation sites is 1. The molecule has 16 heavy (non-hydrogen) atoms. The molecule has 0 amide bonds. The van der Waals surface area contributed by atoms with Gasteiger partial charge in [0.15, 0.2) is 0 Å². The van der Waals surface area contributed by atoms with Crippen molar-refractivity contribution in [3.8, 4) is 0 Å². The summed E-state index contributed by atoms with van der Waals surface area (Å²) in [6.45, 7) is 5.36. The fourth-order valence-electron chi connectivity index (χ4n) is 2.25. The zero-order valence-electron chi connectivity index (χ0n) is 10.1. The van der Waals surface area contributed by atoms with Crippen LogP contribution in [0.2, 0.25) is 0 Å². The molecule has 2 heteroatoms. The quantitative estimate of drug-likeness (QED) is 0.837.